The molecule has 1 amide bonds. The van der Waals surface area contributed by atoms with Crippen LogP contribution in [0.4, 0.5) is 10.3 Å². The number of hydrogen-bond donors (Lipinski definition) is 2. The predicted molar refractivity (Wildman–Crippen MR) is 75.4 cm³/mol. The Morgan fingerprint density at radius 2 is 2.05 bits per heavy atom. The fraction of sp³-hybridized carbons (Fsp3) is 0.214. The van der Waals surface area contributed by atoms with Gasteiger partial charge in [-0.05, 0) is 5.56 Å². The van der Waals surface area contributed by atoms with E-state index in [-0.39, 0.29) is 17.7 Å². The number of hydrogen-bond acceptors (Lipinski definition) is 5. The highest BCUT2D eigenvalue weighted by atomic mass is 19.1. The maximum Gasteiger partial charge on any atom is 0.255 e. The van der Waals surface area contributed by atoms with Crippen LogP contribution < -0.4 is 15.4 Å². The molecule has 1 aromatic heterocycles. The van der Waals surface area contributed by atoms with Gasteiger partial charge in [0.2, 0.25) is 17.7 Å². The highest BCUT2D eigenvalue weighted by molar-refractivity contribution is 5.85. The molecule has 0 fully saturated rings. The summed E-state index contributed by atoms with van der Waals surface area (Å²) in [5.41, 5.74) is 0.740. The van der Waals surface area contributed by atoms with E-state index in [2.05, 4.69) is 20.6 Å². The quantitative estimate of drug-likeness (QED) is 0.873. The van der Waals surface area contributed by atoms with Gasteiger partial charge in [0, 0.05) is 7.05 Å². The summed E-state index contributed by atoms with van der Waals surface area (Å²) in [4.78, 5) is 19.7. The zero-order valence-corrected chi connectivity index (χ0v) is 11.6. The minimum atomic E-state index is -0.689. The zero-order valence-electron chi connectivity index (χ0n) is 11.6. The van der Waals surface area contributed by atoms with Gasteiger partial charge in [0.15, 0.2) is 0 Å². The molecule has 0 spiro atoms. The molecule has 1 atom stereocenters. The van der Waals surface area contributed by atoms with Gasteiger partial charge in [-0.1, -0.05) is 30.3 Å². The summed E-state index contributed by atoms with van der Waals surface area (Å²) in [6, 6.07) is 8.40. The molecule has 2 aromatic rings. The number of nitrogens with one attached hydrogen (secondary N) is 2. The smallest absolute Gasteiger partial charge is 0.255 e. The number of benzene rings is 1. The monoisotopic (exact) mass is 290 g/mol. The molecule has 0 aliphatic heterocycles. The summed E-state index contributed by atoms with van der Waals surface area (Å²) < 4.78 is 18.1. The van der Waals surface area contributed by atoms with Gasteiger partial charge < -0.3 is 15.4 Å². The molecule has 0 saturated heterocycles. The molecule has 21 heavy (non-hydrogen) atoms. The molecule has 2 rings (SSSR count). The predicted octanol–water partition coefficient (Wildman–Crippen LogP) is 1.52. The number of methoxy groups -OCH3 is 1. The molecule has 6 nitrogen and oxygen atoms in total. The molecule has 7 heteroatoms. The number of likely N-dealkylation sites (N-methyl/N-ethyl adjacent to an activating group) is 1. The van der Waals surface area contributed by atoms with Gasteiger partial charge in [-0.2, -0.15) is 9.37 Å². The maximum atomic E-state index is 13.3. The summed E-state index contributed by atoms with van der Waals surface area (Å²) >= 11 is 0. The number of rotatable bonds is 5. The van der Waals surface area contributed by atoms with E-state index in [1.54, 1.807) is 12.1 Å². The molecular formula is C14H15FN4O2. The van der Waals surface area contributed by atoms with Crippen LogP contribution in [-0.4, -0.2) is 30.0 Å². The number of anilines is 1. The van der Waals surface area contributed by atoms with Crippen molar-refractivity contribution in [3.05, 3.63) is 47.9 Å². The van der Waals surface area contributed by atoms with Crippen molar-refractivity contribution >= 4 is 11.9 Å². The Balaban J connectivity index is 2.29. The molecule has 2 N–H and O–H groups in total. The second-order valence-electron chi connectivity index (χ2n) is 4.15. The highest BCUT2D eigenvalue weighted by Gasteiger charge is 2.20. The summed E-state index contributed by atoms with van der Waals surface area (Å²) in [7, 11) is 2.84. The van der Waals surface area contributed by atoms with E-state index < -0.39 is 11.9 Å². The molecular weight excluding hydrogens is 275 g/mol. The summed E-state index contributed by atoms with van der Waals surface area (Å²) in [6.45, 7) is 0. The first-order chi connectivity index (χ1) is 10.2. The fourth-order valence-electron chi connectivity index (χ4n) is 1.78. The van der Waals surface area contributed by atoms with E-state index in [0.29, 0.717) is 0 Å². The van der Waals surface area contributed by atoms with Gasteiger partial charge in [0.25, 0.3) is 5.88 Å². The lowest BCUT2D eigenvalue weighted by molar-refractivity contribution is -0.121. The van der Waals surface area contributed by atoms with Crippen LogP contribution in [0, 0.1) is 5.82 Å². The van der Waals surface area contributed by atoms with E-state index in [9.17, 15) is 9.18 Å². The first-order valence-electron chi connectivity index (χ1n) is 6.25. The van der Waals surface area contributed by atoms with Crippen molar-refractivity contribution in [2.24, 2.45) is 0 Å². The van der Waals surface area contributed by atoms with E-state index >= 15 is 0 Å². The number of nitrogens with zero attached hydrogens (tertiary/aromatic N) is 2. The first-order valence-corrected chi connectivity index (χ1v) is 6.25. The second-order valence-corrected chi connectivity index (χ2v) is 4.15. The number of aromatic nitrogens is 2. The Kier molecular flexibility index (Phi) is 4.65. The molecule has 110 valence electrons. The van der Waals surface area contributed by atoms with E-state index in [1.807, 2.05) is 18.2 Å². The Hall–Kier alpha value is -2.70. The fourth-order valence-corrected chi connectivity index (χ4v) is 1.78. The Morgan fingerprint density at radius 1 is 1.33 bits per heavy atom. The van der Waals surface area contributed by atoms with Gasteiger partial charge >= 0.3 is 0 Å². The van der Waals surface area contributed by atoms with Gasteiger partial charge in [-0.25, -0.2) is 4.98 Å². The van der Waals surface area contributed by atoms with Crippen molar-refractivity contribution in [2.75, 3.05) is 19.5 Å². The van der Waals surface area contributed by atoms with E-state index in [0.717, 1.165) is 11.8 Å². The molecule has 1 heterocycles. The van der Waals surface area contributed by atoms with E-state index in [1.165, 1.54) is 14.2 Å². The van der Waals surface area contributed by atoms with Gasteiger partial charge in [-0.15, -0.1) is 0 Å². The first kappa shape index (κ1) is 14.7. The molecule has 1 unspecified atom stereocenters. The van der Waals surface area contributed by atoms with Crippen LogP contribution >= 0.6 is 0 Å². The molecule has 0 aliphatic carbocycles. The number of halogens is 1. The molecule has 0 radical (unpaired) electrons. The minimum absolute atomic E-state index is 0.103. The molecule has 0 aliphatic rings. The lowest BCUT2D eigenvalue weighted by Crippen LogP contribution is -2.31. The Morgan fingerprint density at radius 3 is 2.67 bits per heavy atom. The largest absolute Gasteiger partial charge is 0.479 e. The number of ether oxygens (including phenoxy) is 1. The van der Waals surface area contributed by atoms with Crippen LogP contribution in [-0.2, 0) is 4.79 Å². The van der Waals surface area contributed by atoms with Crippen LogP contribution in [0.5, 0.6) is 5.88 Å². The molecule has 0 bridgehead atoms. The number of amides is 1. The van der Waals surface area contributed by atoms with Crippen LogP contribution in [0.15, 0.2) is 36.5 Å². The zero-order chi connectivity index (χ0) is 15.2. The SMILES string of the molecule is CNC(=O)C(Nc1ncc(F)c(OC)n1)c1ccccc1. The van der Waals surface area contributed by atoms with Crippen molar-refractivity contribution in [2.45, 2.75) is 6.04 Å². The van der Waals surface area contributed by atoms with Gasteiger partial charge in [0.1, 0.15) is 6.04 Å². The lowest BCUT2D eigenvalue weighted by atomic mass is 10.1. The van der Waals surface area contributed by atoms with Crippen LogP contribution in [0.25, 0.3) is 0 Å². The topological polar surface area (TPSA) is 76.1 Å². The lowest BCUT2D eigenvalue weighted by Gasteiger charge is -2.17. The van der Waals surface area contributed by atoms with Crippen molar-refractivity contribution in [3.8, 4) is 5.88 Å². The standard InChI is InChI=1S/C14H15FN4O2/c1-16-12(20)11(9-6-4-3-5-7-9)18-14-17-8-10(15)13(19-14)21-2/h3-8,11H,1-2H3,(H,16,20)(H,17,18,19). The van der Waals surface area contributed by atoms with Crippen molar-refractivity contribution in [1.29, 1.82) is 0 Å². The highest BCUT2D eigenvalue weighted by Crippen LogP contribution is 2.20. The summed E-state index contributed by atoms with van der Waals surface area (Å²) in [5.74, 6) is -1.01. The molecule has 0 saturated carbocycles. The van der Waals surface area contributed by atoms with Crippen LogP contribution in [0.3, 0.4) is 0 Å². The Bertz CT molecular complexity index is 622. The van der Waals surface area contributed by atoms with Crippen LogP contribution in [0.2, 0.25) is 0 Å². The van der Waals surface area contributed by atoms with Crippen molar-refractivity contribution in [1.82, 2.24) is 15.3 Å². The van der Waals surface area contributed by atoms with Crippen LogP contribution in [0.1, 0.15) is 11.6 Å². The number of carbonyl (C=O) groups excluding carboxylic acids is 1. The summed E-state index contributed by atoms with van der Waals surface area (Å²) in [6.07, 6.45) is 0.986. The number of carbonyl (C=O) groups is 1. The van der Waals surface area contributed by atoms with Crippen molar-refractivity contribution < 1.29 is 13.9 Å². The normalized spacial score (nSPS) is 11.6. The Labute approximate surface area is 121 Å². The third-order valence-corrected chi connectivity index (χ3v) is 2.82. The van der Waals surface area contributed by atoms with Gasteiger partial charge in [0.05, 0.1) is 13.3 Å². The average Bonchev–Trinajstić information content (AvgIpc) is 2.54. The van der Waals surface area contributed by atoms with Crippen molar-refractivity contribution in [3.63, 3.8) is 0 Å². The maximum absolute atomic E-state index is 13.3. The minimum Gasteiger partial charge on any atom is -0.479 e. The molecule has 1 aromatic carbocycles. The third-order valence-electron chi connectivity index (χ3n) is 2.82. The summed E-state index contributed by atoms with van der Waals surface area (Å²) in [5, 5.41) is 5.43. The second kappa shape index (κ2) is 6.65. The third kappa shape index (κ3) is 3.44. The van der Waals surface area contributed by atoms with Gasteiger partial charge in [-0.3, -0.25) is 4.79 Å². The average molecular weight is 290 g/mol. The van der Waals surface area contributed by atoms with E-state index in [4.69, 9.17) is 4.74 Å².